The molecule has 0 spiro atoms. The molecule has 20 heteroatoms. The number of Topliss-reactive ketones (excluding diaryl/α,β-unsaturated/α-hetero) is 1. The number of esters is 3. The number of carbonyl (C=O) groups is 8. The Morgan fingerprint density at radius 1 is 0.415 bits per heavy atom. The molecule has 450 valence electrons. The van der Waals surface area contributed by atoms with Crippen molar-refractivity contribution in [2.45, 2.75) is 82.5 Å². The third kappa shape index (κ3) is 26.3. The quantitative estimate of drug-likeness (QED) is 0.0130. The molecule has 1 unspecified atom stereocenters. The first kappa shape index (κ1) is 77.3. The molecular formula is C62H85FN4O15. The van der Waals surface area contributed by atoms with E-state index in [1.165, 1.54) is 88.9 Å². The van der Waals surface area contributed by atoms with Crippen molar-refractivity contribution in [2.75, 3.05) is 62.4 Å². The van der Waals surface area contributed by atoms with Crippen molar-refractivity contribution >= 4 is 70.1 Å². The van der Waals surface area contributed by atoms with Crippen LogP contribution in [-0.2, 0) is 18.9 Å². The zero-order valence-corrected chi connectivity index (χ0v) is 44.0. The Hall–Kier alpha value is -8.95. The van der Waals surface area contributed by atoms with Crippen LogP contribution in [0.4, 0.5) is 27.5 Å². The predicted octanol–water partition coefficient (Wildman–Crippen LogP) is 12.0. The first-order valence-electron chi connectivity index (χ1n) is 24.1. The van der Waals surface area contributed by atoms with E-state index in [2.05, 4.69) is 30.7 Å². The highest BCUT2D eigenvalue weighted by molar-refractivity contribution is 6.08. The fourth-order valence-electron chi connectivity index (χ4n) is 6.32. The molecular weight excluding hydrogens is 1060 g/mol. The van der Waals surface area contributed by atoms with Gasteiger partial charge >= 0.3 is 17.9 Å². The van der Waals surface area contributed by atoms with E-state index in [9.17, 15) is 38.4 Å². The van der Waals surface area contributed by atoms with Crippen molar-refractivity contribution in [2.24, 2.45) is 0 Å². The Morgan fingerprint density at radius 2 is 0.646 bits per heavy atom. The number of hydrogen-bond donors (Lipinski definition) is 7. The van der Waals surface area contributed by atoms with Gasteiger partial charge in [0.25, 0.3) is 23.6 Å². The number of aliphatic hydroxyl groups excluding tert-OH is 3. The lowest BCUT2D eigenvalue weighted by atomic mass is 10.1. The molecule has 0 aliphatic rings. The fourth-order valence-corrected chi connectivity index (χ4v) is 6.32. The van der Waals surface area contributed by atoms with Gasteiger partial charge in [0, 0.05) is 86.8 Å². The number of benzene rings is 6. The molecule has 0 radical (unpaired) electrons. The Morgan fingerprint density at radius 3 is 0.854 bits per heavy atom. The number of nitrogens with one attached hydrogen (secondary N) is 4. The number of ether oxygens (including phenoxy) is 4. The van der Waals surface area contributed by atoms with Gasteiger partial charge in [-0.1, -0.05) is 55.2 Å². The van der Waals surface area contributed by atoms with Crippen LogP contribution in [0.15, 0.2) is 146 Å². The monoisotopic (exact) mass is 1150 g/mol. The summed E-state index contributed by atoms with van der Waals surface area (Å²) in [5, 5.41) is 34.8. The first-order valence-corrected chi connectivity index (χ1v) is 24.1. The summed E-state index contributed by atoms with van der Waals surface area (Å²) < 4.78 is 19.7. The summed E-state index contributed by atoms with van der Waals surface area (Å²) in [7, 11) is 4.06. The van der Waals surface area contributed by atoms with Crippen molar-refractivity contribution in [1.82, 2.24) is 0 Å². The van der Waals surface area contributed by atoms with Gasteiger partial charge in [-0.05, 0) is 160 Å². The molecule has 82 heavy (non-hydrogen) atoms. The van der Waals surface area contributed by atoms with Gasteiger partial charge < -0.3 is 55.5 Å². The molecule has 6 rings (SSSR count). The van der Waals surface area contributed by atoms with Gasteiger partial charge in [0.15, 0.2) is 5.78 Å². The van der Waals surface area contributed by atoms with E-state index in [0.717, 1.165) is 19.3 Å². The van der Waals surface area contributed by atoms with E-state index in [0.29, 0.717) is 73.7 Å². The number of anilines is 4. The van der Waals surface area contributed by atoms with E-state index < -0.39 is 24.2 Å². The Balaban J connectivity index is -0.000000404. The van der Waals surface area contributed by atoms with Crippen LogP contribution in [0.1, 0.15) is 162 Å². The summed E-state index contributed by atoms with van der Waals surface area (Å²) in [5.74, 6) is -2.89. The largest absolute Gasteiger partial charge is 0.465 e. The predicted molar refractivity (Wildman–Crippen MR) is 324 cm³/mol. The molecule has 0 aliphatic heterocycles. The fraction of sp³-hybridized carbons (Fsp3) is 0.290. The van der Waals surface area contributed by atoms with Gasteiger partial charge in [0.2, 0.25) is 6.29 Å². The average Bonchev–Trinajstić information content (AvgIpc) is 3.50. The van der Waals surface area contributed by atoms with Crippen LogP contribution in [0.3, 0.4) is 0 Å². The number of amides is 4. The van der Waals surface area contributed by atoms with Crippen LogP contribution < -0.4 is 21.3 Å². The topological polar surface area (TPSA) is 282 Å². The minimum absolute atomic E-state index is 0. The lowest BCUT2D eigenvalue weighted by Crippen LogP contribution is -2.20. The molecule has 0 bridgehead atoms. The molecule has 6 aromatic carbocycles. The number of carbonyl (C=O) groups excluding carboxylic acids is 8. The van der Waals surface area contributed by atoms with Crippen LogP contribution >= 0.6 is 0 Å². The summed E-state index contributed by atoms with van der Waals surface area (Å²) in [6.45, 7) is 5.75. The SMILES string of the molecule is C.C.C.C.CCCC(OC)OC(=O)c1ccc(C(=O)Nc2ccc(NC(=O)c3ccc(C(C)=O)cc3)cc2)cc1.CCO.COC(=O)c1ccc(C(=O)Nc2ccc(NC(=O)c3ccc(C(=O)OC)cc3)cc2)cc1.F.OCCCCO.[3HH].[3HH]. The van der Waals surface area contributed by atoms with E-state index in [4.69, 9.17) is 24.8 Å². The lowest BCUT2D eigenvalue weighted by Gasteiger charge is -2.15. The second kappa shape index (κ2) is 42.0. The average molecular weight is 1150 g/mol. The molecule has 1 atom stereocenters. The third-order valence-electron chi connectivity index (χ3n) is 10.5. The van der Waals surface area contributed by atoms with Gasteiger partial charge in [-0.25, -0.2) is 14.4 Å². The number of unbranched alkanes of at least 4 members (excludes halogenated alkanes) is 1. The number of halogens is 1. The highest BCUT2D eigenvalue weighted by Crippen LogP contribution is 2.19. The maximum absolute atomic E-state index is 12.6. The maximum atomic E-state index is 12.6. The molecule has 0 fully saturated rings. The van der Waals surface area contributed by atoms with E-state index in [1.807, 2.05) is 6.92 Å². The van der Waals surface area contributed by atoms with Gasteiger partial charge in [0.1, 0.15) is 0 Å². The minimum Gasteiger partial charge on any atom is -0.465 e. The molecule has 4 amide bonds. The molecule has 0 heterocycles. The summed E-state index contributed by atoms with van der Waals surface area (Å²) in [6, 6.07) is 37.9. The van der Waals surface area contributed by atoms with Gasteiger partial charge in [-0.2, -0.15) is 0 Å². The molecule has 6 aromatic rings. The van der Waals surface area contributed by atoms with E-state index in [-0.39, 0.29) is 86.5 Å². The first-order chi connectivity index (χ1) is 37.0. The van der Waals surface area contributed by atoms with Crippen LogP contribution in [0.5, 0.6) is 0 Å². The van der Waals surface area contributed by atoms with Crippen molar-refractivity contribution in [3.8, 4) is 0 Å². The summed E-state index contributed by atoms with van der Waals surface area (Å²) in [4.78, 5) is 96.3. The second-order valence-corrected chi connectivity index (χ2v) is 16.1. The molecule has 7 N–H and O–H groups in total. The van der Waals surface area contributed by atoms with Crippen LogP contribution in [-0.4, -0.2) is 110 Å². The smallest absolute Gasteiger partial charge is 0.340 e. The van der Waals surface area contributed by atoms with E-state index in [1.54, 1.807) is 91.9 Å². The molecule has 0 saturated carbocycles. The minimum atomic E-state index is -0.606. The summed E-state index contributed by atoms with van der Waals surface area (Å²) in [5.41, 5.74) is 5.27. The van der Waals surface area contributed by atoms with E-state index >= 15 is 0 Å². The van der Waals surface area contributed by atoms with Gasteiger partial charge in [0.05, 0.1) is 30.9 Å². The Bertz CT molecular complexity index is 2760. The molecule has 19 nitrogen and oxygen atoms in total. The Kier molecular flexibility index (Phi) is 39.6. The second-order valence-electron chi connectivity index (χ2n) is 16.1. The van der Waals surface area contributed by atoms with Crippen LogP contribution in [0.25, 0.3) is 0 Å². The van der Waals surface area contributed by atoms with Crippen molar-refractivity contribution in [1.29, 1.82) is 0 Å². The van der Waals surface area contributed by atoms with Crippen molar-refractivity contribution < 1.29 is 80.2 Å². The third-order valence-corrected chi connectivity index (χ3v) is 10.5. The molecule has 0 saturated heterocycles. The normalized spacial score (nSPS) is 9.77. The maximum Gasteiger partial charge on any atom is 0.340 e. The van der Waals surface area contributed by atoms with Gasteiger partial charge in [-0.3, -0.25) is 28.7 Å². The highest BCUT2D eigenvalue weighted by atomic mass is 19.0. The summed E-state index contributed by atoms with van der Waals surface area (Å²) >= 11 is 0. The van der Waals surface area contributed by atoms with Crippen LogP contribution in [0.2, 0.25) is 0 Å². The molecule has 0 aliphatic carbocycles. The van der Waals surface area contributed by atoms with Crippen molar-refractivity contribution in [3.63, 3.8) is 0 Å². The number of hydrogen-bond acceptors (Lipinski definition) is 15. The number of ketones is 1. The number of methoxy groups -OCH3 is 3. The zero-order chi connectivity index (χ0) is 56.7. The van der Waals surface area contributed by atoms with Gasteiger partial charge in [-0.15, -0.1) is 0 Å². The summed E-state index contributed by atoms with van der Waals surface area (Å²) in [6.07, 6.45) is 2.24. The standard InChI is InChI=1S/C28H28N2O6.C24H20N2O6.C4H10O2.C2H6O.4CH4.FH.2H2/c1-4-5-25(35-3)36-28(34)22-12-10-21(11-13-22)27(33)30-24-16-14-23(15-17-24)29-26(32)20-8-6-19(7-9-20)18(2)31;1-31-23(29)17-7-3-15(4-8-17)21(27)25-19-11-13-20(14-12-19)26-22(28)16-5-9-18(10-6-16)24(30)32-2;5-3-1-2-4-6;1-2-3;;;;;;;/h6-17,25H,4-5H2,1-3H3,(H,29,32)(H,30,33);3-14H,1-2H3,(H,25,27)(H,26,28);5-6H,1-4H2;3H,2H2,1H3;4*1H4;3*1H/i;;;;;;;;;2*1+2. The van der Waals surface area contributed by atoms with Crippen LogP contribution in [0, 0.1) is 0 Å². The lowest BCUT2D eigenvalue weighted by molar-refractivity contribution is -0.0933. The number of aliphatic hydroxyl groups is 3. The highest BCUT2D eigenvalue weighted by Gasteiger charge is 2.17. The zero-order valence-electron chi connectivity index (χ0n) is 44.0. The Labute approximate surface area is 483 Å². The molecule has 0 aromatic heterocycles. The number of rotatable bonds is 19. The van der Waals surface area contributed by atoms with Crippen molar-refractivity contribution in [3.05, 3.63) is 190 Å².